The molecule has 0 aliphatic rings. The molecular weight excluding hydrogens is 348 g/mol. The van der Waals surface area contributed by atoms with Crippen LogP contribution in [0.2, 0.25) is 0 Å². The van der Waals surface area contributed by atoms with E-state index in [9.17, 15) is 22.5 Å². The zero-order chi connectivity index (χ0) is 18.2. The predicted octanol–water partition coefficient (Wildman–Crippen LogP) is 3.37. The largest absolute Gasteiger partial charge is 0.398 e. The molecule has 0 radical (unpaired) electrons. The number of nitrogen functional groups attached to an aromatic ring is 1. The quantitative estimate of drug-likeness (QED) is 0.701. The van der Waals surface area contributed by atoms with Crippen molar-refractivity contribution in [2.24, 2.45) is 0 Å². The lowest BCUT2D eigenvalue weighted by Gasteiger charge is -2.14. The molecule has 25 heavy (non-hydrogen) atoms. The van der Waals surface area contributed by atoms with Crippen LogP contribution in [0.15, 0.2) is 53.4 Å². The highest BCUT2D eigenvalue weighted by molar-refractivity contribution is 7.92. The molecule has 0 aromatic heterocycles. The van der Waals surface area contributed by atoms with E-state index in [1.807, 2.05) is 6.07 Å². The molecule has 0 aliphatic carbocycles. The van der Waals surface area contributed by atoms with E-state index < -0.39 is 26.6 Å². The molecule has 0 atom stereocenters. The number of nitrogens with one attached hydrogen (secondary N) is 1. The number of sulfonamides is 1. The highest BCUT2D eigenvalue weighted by Crippen LogP contribution is 2.33. The van der Waals surface area contributed by atoms with E-state index in [1.54, 1.807) is 24.3 Å². The van der Waals surface area contributed by atoms with Crippen LogP contribution in [0, 0.1) is 23.0 Å². The minimum Gasteiger partial charge on any atom is -0.398 e. The number of nitrogens with zero attached hydrogens (tertiary/aromatic N) is 1. The average molecular weight is 359 g/mol. The van der Waals surface area contributed by atoms with E-state index >= 15 is 0 Å². The van der Waals surface area contributed by atoms with Gasteiger partial charge in [0.15, 0.2) is 4.90 Å². The average Bonchev–Trinajstić information content (AvgIpc) is 2.54. The van der Waals surface area contributed by atoms with Crippen LogP contribution in [0.25, 0.3) is 10.8 Å². The number of benzene rings is 3. The zero-order valence-corrected chi connectivity index (χ0v) is 13.4. The summed E-state index contributed by atoms with van der Waals surface area (Å²) in [6, 6.07) is 12.5. The van der Waals surface area contributed by atoms with Crippen LogP contribution in [-0.2, 0) is 10.0 Å². The van der Waals surface area contributed by atoms with Crippen molar-refractivity contribution in [3.05, 3.63) is 65.7 Å². The van der Waals surface area contributed by atoms with Gasteiger partial charge in [0, 0.05) is 10.8 Å². The van der Waals surface area contributed by atoms with Crippen LogP contribution in [0.4, 0.5) is 20.2 Å². The Hall–Kier alpha value is -3.18. The number of hydrogen-bond acceptors (Lipinski definition) is 4. The number of halogens is 2. The van der Waals surface area contributed by atoms with Crippen molar-refractivity contribution < 1.29 is 17.2 Å². The van der Waals surface area contributed by atoms with Crippen molar-refractivity contribution in [1.82, 2.24) is 0 Å². The van der Waals surface area contributed by atoms with E-state index in [1.165, 1.54) is 6.07 Å². The van der Waals surface area contributed by atoms with E-state index in [2.05, 4.69) is 4.72 Å². The van der Waals surface area contributed by atoms with Gasteiger partial charge in [-0.15, -0.1) is 0 Å². The third-order valence-corrected chi connectivity index (χ3v) is 5.03. The van der Waals surface area contributed by atoms with E-state index in [0.29, 0.717) is 10.8 Å². The first-order chi connectivity index (χ1) is 11.8. The Balaban J connectivity index is 2.21. The molecular formula is C17H11F2N3O2S. The minimum absolute atomic E-state index is 0.0229. The Morgan fingerprint density at radius 3 is 2.20 bits per heavy atom. The molecule has 0 unspecified atom stereocenters. The van der Waals surface area contributed by atoms with Crippen LogP contribution in [-0.4, -0.2) is 8.42 Å². The summed E-state index contributed by atoms with van der Waals surface area (Å²) in [6.07, 6.45) is 0. The first-order valence-electron chi connectivity index (χ1n) is 7.03. The van der Waals surface area contributed by atoms with Crippen molar-refractivity contribution in [3.63, 3.8) is 0 Å². The smallest absolute Gasteiger partial charge is 0.267 e. The van der Waals surface area contributed by atoms with Crippen LogP contribution in [0.5, 0.6) is 0 Å². The molecule has 8 heteroatoms. The number of nitriles is 1. The molecule has 0 fully saturated rings. The zero-order valence-electron chi connectivity index (χ0n) is 12.6. The second-order valence-electron chi connectivity index (χ2n) is 5.20. The lowest BCUT2D eigenvalue weighted by molar-refractivity contribution is 0.521. The Bertz CT molecular complexity index is 1120. The molecule has 3 N–H and O–H groups in total. The second-order valence-corrected chi connectivity index (χ2v) is 6.82. The molecule has 3 aromatic rings. The lowest BCUT2D eigenvalue weighted by atomic mass is 10.0. The predicted molar refractivity (Wildman–Crippen MR) is 90.2 cm³/mol. The third-order valence-electron chi connectivity index (χ3n) is 3.62. The fourth-order valence-electron chi connectivity index (χ4n) is 2.54. The van der Waals surface area contributed by atoms with Crippen LogP contribution < -0.4 is 10.5 Å². The maximum Gasteiger partial charge on any atom is 0.267 e. The topological polar surface area (TPSA) is 96.0 Å². The third kappa shape index (κ3) is 2.86. The van der Waals surface area contributed by atoms with E-state index in [-0.39, 0.29) is 16.9 Å². The summed E-state index contributed by atoms with van der Waals surface area (Å²) in [6.45, 7) is 0. The highest BCUT2D eigenvalue weighted by Gasteiger charge is 2.25. The van der Waals surface area contributed by atoms with Crippen molar-refractivity contribution in [3.8, 4) is 6.07 Å². The lowest BCUT2D eigenvalue weighted by Crippen LogP contribution is -2.17. The number of rotatable bonds is 3. The van der Waals surface area contributed by atoms with Crippen molar-refractivity contribution in [1.29, 1.82) is 5.26 Å². The summed E-state index contributed by atoms with van der Waals surface area (Å²) in [4.78, 5) is -1.08. The number of nitrogens with two attached hydrogens (primary N) is 1. The normalized spacial score (nSPS) is 11.2. The van der Waals surface area contributed by atoms with Crippen molar-refractivity contribution in [2.75, 3.05) is 10.5 Å². The summed E-state index contributed by atoms with van der Waals surface area (Å²) in [5, 5.41) is 10.0. The summed E-state index contributed by atoms with van der Waals surface area (Å²) in [5.41, 5.74) is 6.07. The van der Waals surface area contributed by atoms with Crippen molar-refractivity contribution >= 4 is 32.2 Å². The Kier molecular flexibility index (Phi) is 4.02. The fourth-order valence-corrected chi connectivity index (χ4v) is 3.75. The number of fused-ring (bicyclic) bond motifs is 1. The maximum absolute atomic E-state index is 13.8. The molecule has 5 nitrogen and oxygen atoms in total. The number of anilines is 2. The van der Waals surface area contributed by atoms with Gasteiger partial charge >= 0.3 is 0 Å². The number of hydrogen-bond donors (Lipinski definition) is 2. The molecule has 0 heterocycles. The standard InChI is InChI=1S/C17H11F2N3O2S/c18-13-6-3-7-14(19)17(13)25(23,24)22-16-8-15(21)12(9-20)10-4-1-2-5-11(10)16/h1-8,22H,21H2. The van der Waals surface area contributed by atoms with Crippen LogP contribution in [0.1, 0.15) is 5.56 Å². The first-order valence-corrected chi connectivity index (χ1v) is 8.51. The Morgan fingerprint density at radius 2 is 1.60 bits per heavy atom. The van der Waals surface area contributed by atoms with Gasteiger partial charge in [-0.05, 0) is 18.2 Å². The maximum atomic E-state index is 13.8. The molecule has 3 rings (SSSR count). The summed E-state index contributed by atoms with van der Waals surface area (Å²) < 4.78 is 54.7. The first kappa shape index (κ1) is 16.7. The molecule has 0 spiro atoms. The van der Waals surface area contributed by atoms with Gasteiger partial charge in [0.2, 0.25) is 0 Å². The SMILES string of the molecule is N#Cc1c(N)cc(NS(=O)(=O)c2c(F)cccc2F)c2ccccc12. The van der Waals surface area contributed by atoms with Crippen LogP contribution in [0.3, 0.4) is 0 Å². The van der Waals surface area contributed by atoms with Gasteiger partial charge in [-0.3, -0.25) is 4.72 Å². The summed E-state index contributed by atoms with van der Waals surface area (Å²) >= 11 is 0. The van der Waals surface area contributed by atoms with Crippen molar-refractivity contribution in [2.45, 2.75) is 4.90 Å². The minimum atomic E-state index is -4.54. The van der Waals surface area contributed by atoms with Crippen LogP contribution >= 0.6 is 0 Å². The van der Waals surface area contributed by atoms with Gasteiger partial charge in [-0.1, -0.05) is 30.3 Å². The van der Waals surface area contributed by atoms with E-state index in [4.69, 9.17) is 5.73 Å². The molecule has 0 aliphatic heterocycles. The summed E-state index contributed by atoms with van der Waals surface area (Å²) in [5.74, 6) is -2.42. The summed E-state index contributed by atoms with van der Waals surface area (Å²) in [7, 11) is -4.54. The van der Waals surface area contributed by atoms with Gasteiger partial charge < -0.3 is 5.73 Å². The highest BCUT2D eigenvalue weighted by atomic mass is 32.2. The van der Waals surface area contributed by atoms with Gasteiger partial charge in [-0.25, -0.2) is 17.2 Å². The van der Waals surface area contributed by atoms with Gasteiger partial charge in [0.25, 0.3) is 10.0 Å². The molecule has 0 saturated heterocycles. The van der Waals surface area contributed by atoms with Gasteiger partial charge in [0.1, 0.15) is 17.7 Å². The Labute approximate surface area is 142 Å². The molecule has 126 valence electrons. The van der Waals surface area contributed by atoms with Gasteiger partial charge in [0.05, 0.1) is 16.9 Å². The molecule has 3 aromatic carbocycles. The molecule has 0 bridgehead atoms. The monoisotopic (exact) mass is 359 g/mol. The molecule has 0 saturated carbocycles. The van der Waals surface area contributed by atoms with Gasteiger partial charge in [-0.2, -0.15) is 5.26 Å². The van der Waals surface area contributed by atoms with E-state index in [0.717, 1.165) is 18.2 Å². The molecule has 0 amide bonds. The Morgan fingerprint density at radius 1 is 1.00 bits per heavy atom. The fraction of sp³-hybridized carbons (Fsp3) is 0. The second kappa shape index (κ2) is 6.03.